The van der Waals surface area contributed by atoms with Gasteiger partial charge in [0.05, 0.1) is 14.2 Å². The highest BCUT2D eigenvalue weighted by Gasteiger charge is 2.11. The Hall–Kier alpha value is -1.48. The van der Waals surface area contributed by atoms with Gasteiger partial charge in [-0.15, -0.1) is 24.0 Å². The van der Waals surface area contributed by atoms with E-state index in [9.17, 15) is 0 Å². The van der Waals surface area contributed by atoms with E-state index in [1.54, 1.807) is 32.6 Å². The fraction of sp³-hybridized carbons (Fsp3) is 0.353. The molecule has 0 aliphatic rings. The summed E-state index contributed by atoms with van der Waals surface area (Å²) >= 11 is 1.70. The molecule has 1 heterocycles. The molecule has 1 aromatic heterocycles. The number of nitrogens with one attached hydrogen (secondary N) is 1. The summed E-state index contributed by atoms with van der Waals surface area (Å²) in [6.45, 7) is 1.46. The summed E-state index contributed by atoms with van der Waals surface area (Å²) in [6, 6.07) is 7.95. The Morgan fingerprint density at radius 1 is 1.25 bits per heavy atom. The maximum Gasteiger partial charge on any atom is 0.193 e. The van der Waals surface area contributed by atoms with Crippen LogP contribution in [0.3, 0.4) is 0 Å². The minimum atomic E-state index is 0. The zero-order valence-electron chi connectivity index (χ0n) is 14.4. The minimum absolute atomic E-state index is 0. The third-order valence-corrected chi connectivity index (χ3v) is 4.24. The summed E-state index contributed by atoms with van der Waals surface area (Å²) in [6.07, 6.45) is 0. The maximum absolute atomic E-state index is 5.46. The molecule has 1 aromatic carbocycles. The number of rotatable bonds is 6. The summed E-state index contributed by atoms with van der Waals surface area (Å²) in [5, 5.41) is 7.58. The molecule has 0 radical (unpaired) electrons. The first-order valence-electron chi connectivity index (χ1n) is 7.31. The Balaban J connectivity index is 0.00000288. The van der Waals surface area contributed by atoms with Crippen molar-refractivity contribution in [2.45, 2.75) is 13.1 Å². The van der Waals surface area contributed by atoms with Gasteiger partial charge in [0, 0.05) is 38.8 Å². The lowest BCUT2D eigenvalue weighted by Gasteiger charge is -2.23. The summed E-state index contributed by atoms with van der Waals surface area (Å²) < 4.78 is 10.7. The highest BCUT2D eigenvalue weighted by molar-refractivity contribution is 14.0. The molecule has 24 heavy (non-hydrogen) atoms. The van der Waals surface area contributed by atoms with E-state index >= 15 is 0 Å². The first kappa shape index (κ1) is 20.6. The number of benzene rings is 1. The van der Waals surface area contributed by atoms with Crippen LogP contribution in [-0.4, -0.2) is 39.2 Å². The lowest BCUT2D eigenvalue weighted by molar-refractivity contribution is 0.382. The number of ether oxygens (including phenoxy) is 2. The van der Waals surface area contributed by atoms with Crippen molar-refractivity contribution in [1.29, 1.82) is 0 Å². The van der Waals surface area contributed by atoms with Gasteiger partial charge in [0.15, 0.2) is 5.96 Å². The normalized spacial score (nSPS) is 10.8. The van der Waals surface area contributed by atoms with Crippen molar-refractivity contribution in [3.05, 3.63) is 46.2 Å². The number of aliphatic imine (C=N–C) groups is 1. The summed E-state index contributed by atoms with van der Waals surface area (Å²) in [7, 11) is 7.11. The van der Waals surface area contributed by atoms with Gasteiger partial charge in [-0.25, -0.2) is 0 Å². The fourth-order valence-electron chi connectivity index (χ4n) is 2.27. The molecule has 0 fully saturated rings. The zero-order valence-corrected chi connectivity index (χ0v) is 17.6. The van der Waals surface area contributed by atoms with Crippen LogP contribution in [0.25, 0.3) is 0 Å². The second kappa shape index (κ2) is 10.4. The average Bonchev–Trinajstić information content (AvgIpc) is 3.09. The lowest BCUT2D eigenvalue weighted by atomic mass is 10.2. The van der Waals surface area contributed by atoms with Crippen LogP contribution in [0.1, 0.15) is 11.1 Å². The second-order valence-corrected chi connectivity index (χ2v) is 5.85. The topological polar surface area (TPSA) is 46.1 Å². The highest BCUT2D eigenvalue weighted by Crippen LogP contribution is 2.25. The van der Waals surface area contributed by atoms with E-state index in [0.717, 1.165) is 29.6 Å². The summed E-state index contributed by atoms with van der Waals surface area (Å²) in [4.78, 5) is 6.41. The quantitative estimate of drug-likeness (QED) is 0.406. The van der Waals surface area contributed by atoms with Crippen molar-refractivity contribution in [3.8, 4) is 11.5 Å². The number of nitrogens with zero attached hydrogens (tertiary/aromatic N) is 2. The molecule has 0 saturated heterocycles. The van der Waals surface area contributed by atoms with Crippen molar-refractivity contribution in [1.82, 2.24) is 10.2 Å². The van der Waals surface area contributed by atoms with Crippen LogP contribution in [0.15, 0.2) is 40.0 Å². The van der Waals surface area contributed by atoms with Crippen molar-refractivity contribution in [2.75, 3.05) is 28.3 Å². The summed E-state index contributed by atoms with van der Waals surface area (Å²) in [5.41, 5.74) is 2.33. The van der Waals surface area contributed by atoms with Gasteiger partial charge in [-0.3, -0.25) is 4.99 Å². The van der Waals surface area contributed by atoms with Gasteiger partial charge in [-0.1, -0.05) is 0 Å². The number of methoxy groups -OCH3 is 2. The van der Waals surface area contributed by atoms with Crippen LogP contribution in [0, 0.1) is 0 Å². The number of hydrogen-bond acceptors (Lipinski definition) is 4. The Labute approximate surface area is 164 Å². The molecule has 0 saturated carbocycles. The van der Waals surface area contributed by atoms with Gasteiger partial charge in [0.2, 0.25) is 0 Å². The number of hydrogen-bond donors (Lipinski definition) is 1. The molecule has 0 amide bonds. The molecular formula is C17H24IN3O2S. The fourth-order valence-corrected chi connectivity index (χ4v) is 2.94. The number of guanidine groups is 1. The number of thiophene rings is 1. The smallest absolute Gasteiger partial charge is 0.193 e. The molecule has 0 aliphatic carbocycles. The molecule has 0 aliphatic heterocycles. The Morgan fingerprint density at radius 3 is 2.62 bits per heavy atom. The molecule has 5 nitrogen and oxygen atoms in total. The second-order valence-electron chi connectivity index (χ2n) is 5.07. The van der Waals surface area contributed by atoms with E-state index in [-0.39, 0.29) is 24.0 Å². The lowest BCUT2D eigenvalue weighted by Crippen LogP contribution is -2.38. The van der Waals surface area contributed by atoms with Crippen molar-refractivity contribution < 1.29 is 9.47 Å². The van der Waals surface area contributed by atoms with Gasteiger partial charge in [-0.2, -0.15) is 11.3 Å². The minimum Gasteiger partial charge on any atom is -0.497 e. The predicted molar refractivity (Wildman–Crippen MR) is 111 cm³/mol. The van der Waals surface area contributed by atoms with Crippen LogP contribution in [0.2, 0.25) is 0 Å². The van der Waals surface area contributed by atoms with E-state index in [0.29, 0.717) is 6.54 Å². The molecule has 0 atom stereocenters. The van der Waals surface area contributed by atoms with Gasteiger partial charge in [-0.05, 0) is 34.5 Å². The Bertz CT molecular complexity index is 647. The average molecular weight is 461 g/mol. The van der Waals surface area contributed by atoms with Crippen LogP contribution in [0.4, 0.5) is 0 Å². The monoisotopic (exact) mass is 461 g/mol. The van der Waals surface area contributed by atoms with Crippen molar-refractivity contribution in [3.63, 3.8) is 0 Å². The van der Waals surface area contributed by atoms with Crippen LogP contribution in [-0.2, 0) is 13.1 Å². The van der Waals surface area contributed by atoms with E-state index in [2.05, 4.69) is 32.0 Å². The first-order chi connectivity index (χ1) is 11.2. The SMILES string of the molecule is CN=C(NCc1ccsc1)N(C)Cc1ccc(OC)cc1OC.I. The molecule has 2 aromatic rings. The van der Waals surface area contributed by atoms with Gasteiger partial charge >= 0.3 is 0 Å². The van der Waals surface area contributed by atoms with Gasteiger partial charge in [0.25, 0.3) is 0 Å². The molecular weight excluding hydrogens is 437 g/mol. The molecule has 0 bridgehead atoms. The maximum atomic E-state index is 5.46. The Morgan fingerprint density at radius 2 is 2.04 bits per heavy atom. The third kappa shape index (κ3) is 5.55. The first-order valence-corrected chi connectivity index (χ1v) is 8.26. The summed E-state index contributed by atoms with van der Waals surface area (Å²) in [5.74, 6) is 2.44. The molecule has 1 N–H and O–H groups in total. The Kier molecular flexibility index (Phi) is 8.91. The van der Waals surface area contributed by atoms with E-state index < -0.39 is 0 Å². The van der Waals surface area contributed by atoms with E-state index in [1.807, 2.05) is 25.2 Å². The molecule has 7 heteroatoms. The highest BCUT2D eigenvalue weighted by atomic mass is 127. The molecule has 0 unspecified atom stereocenters. The van der Waals surface area contributed by atoms with Crippen LogP contribution >= 0.6 is 35.3 Å². The predicted octanol–water partition coefficient (Wildman–Crippen LogP) is 3.59. The van der Waals surface area contributed by atoms with E-state index in [4.69, 9.17) is 9.47 Å². The van der Waals surface area contributed by atoms with Crippen LogP contribution in [0.5, 0.6) is 11.5 Å². The van der Waals surface area contributed by atoms with Crippen molar-refractivity contribution in [2.24, 2.45) is 4.99 Å². The number of halogens is 1. The van der Waals surface area contributed by atoms with E-state index in [1.165, 1.54) is 5.56 Å². The van der Waals surface area contributed by atoms with Crippen molar-refractivity contribution >= 4 is 41.3 Å². The van der Waals surface area contributed by atoms with Crippen LogP contribution < -0.4 is 14.8 Å². The largest absolute Gasteiger partial charge is 0.497 e. The molecule has 2 rings (SSSR count). The third-order valence-electron chi connectivity index (χ3n) is 3.51. The standard InChI is InChI=1S/C17H23N3O2S.HI/c1-18-17(19-10-13-7-8-23-12-13)20(2)11-14-5-6-15(21-3)9-16(14)22-4;/h5-9,12H,10-11H2,1-4H3,(H,18,19);1H. The van der Waals surface area contributed by atoms with Gasteiger partial charge in [0.1, 0.15) is 11.5 Å². The zero-order chi connectivity index (χ0) is 16.7. The molecule has 132 valence electrons. The molecule has 0 spiro atoms. The van der Waals surface area contributed by atoms with Gasteiger partial charge < -0.3 is 19.7 Å².